The van der Waals surface area contributed by atoms with Gasteiger partial charge in [-0.2, -0.15) is 0 Å². The Hall–Kier alpha value is -1.66. The van der Waals surface area contributed by atoms with Crippen molar-refractivity contribution in [2.45, 2.75) is 25.4 Å². The molecular formula is C14H13NO3S2. The number of carboxylic acids is 1. The van der Waals surface area contributed by atoms with E-state index in [0.717, 1.165) is 29.1 Å². The van der Waals surface area contributed by atoms with Crippen molar-refractivity contribution in [2.75, 3.05) is 0 Å². The topological polar surface area (TPSA) is 57.6 Å². The summed E-state index contributed by atoms with van der Waals surface area (Å²) in [7, 11) is 0. The van der Waals surface area contributed by atoms with E-state index in [1.54, 1.807) is 17.4 Å². The lowest BCUT2D eigenvalue weighted by atomic mass is 10.3. The number of nitrogens with zero attached hydrogens (tertiary/aromatic N) is 1. The summed E-state index contributed by atoms with van der Waals surface area (Å²) >= 11 is 2.68. The zero-order chi connectivity index (χ0) is 14.1. The molecule has 0 aromatic carbocycles. The van der Waals surface area contributed by atoms with Crippen LogP contribution < -0.4 is 0 Å². The Balaban J connectivity index is 1.79. The van der Waals surface area contributed by atoms with E-state index in [2.05, 4.69) is 0 Å². The van der Waals surface area contributed by atoms with Crippen molar-refractivity contribution in [1.29, 1.82) is 0 Å². The maximum Gasteiger partial charge on any atom is 0.345 e. The first-order valence-corrected chi connectivity index (χ1v) is 8.01. The van der Waals surface area contributed by atoms with Crippen LogP contribution in [0.1, 0.15) is 37.1 Å². The van der Waals surface area contributed by atoms with Gasteiger partial charge in [-0.05, 0) is 36.4 Å². The molecule has 0 unspecified atom stereocenters. The summed E-state index contributed by atoms with van der Waals surface area (Å²) in [4.78, 5) is 27.2. The Morgan fingerprint density at radius 1 is 1.25 bits per heavy atom. The van der Waals surface area contributed by atoms with Gasteiger partial charge in [-0.15, -0.1) is 22.7 Å². The minimum atomic E-state index is -0.981. The smallest absolute Gasteiger partial charge is 0.345 e. The van der Waals surface area contributed by atoms with Crippen LogP contribution in [0.25, 0.3) is 0 Å². The van der Waals surface area contributed by atoms with Crippen molar-refractivity contribution in [3.63, 3.8) is 0 Å². The normalized spacial score (nSPS) is 14.2. The van der Waals surface area contributed by atoms with Gasteiger partial charge in [0.15, 0.2) is 0 Å². The minimum Gasteiger partial charge on any atom is -0.477 e. The Kier molecular flexibility index (Phi) is 3.58. The molecule has 1 fully saturated rings. The van der Waals surface area contributed by atoms with E-state index < -0.39 is 5.97 Å². The van der Waals surface area contributed by atoms with E-state index in [1.165, 1.54) is 6.07 Å². The second-order valence-electron chi connectivity index (χ2n) is 4.71. The quantitative estimate of drug-likeness (QED) is 0.922. The SMILES string of the molecule is O=C(O)c1ccc(C(=O)N(Cc2cccs2)C2CC2)s1. The molecule has 2 aromatic heterocycles. The summed E-state index contributed by atoms with van der Waals surface area (Å²) < 4.78 is 0. The Bertz CT molecular complexity index is 629. The Morgan fingerprint density at radius 3 is 2.55 bits per heavy atom. The molecule has 0 saturated heterocycles. The molecule has 0 aliphatic heterocycles. The van der Waals surface area contributed by atoms with Crippen molar-refractivity contribution in [3.8, 4) is 0 Å². The van der Waals surface area contributed by atoms with Gasteiger partial charge < -0.3 is 10.0 Å². The lowest BCUT2D eigenvalue weighted by Gasteiger charge is -2.20. The van der Waals surface area contributed by atoms with Crippen LogP contribution in [0.2, 0.25) is 0 Å². The molecule has 3 rings (SSSR count). The molecule has 0 bridgehead atoms. The third-order valence-electron chi connectivity index (χ3n) is 3.18. The molecule has 0 radical (unpaired) electrons. The lowest BCUT2D eigenvalue weighted by molar-refractivity contribution is 0.0700. The van der Waals surface area contributed by atoms with E-state index in [9.17, 15) is 9.59 Å². The average molecular weight is 307 g/mol. The average Bonchev–Trinajstić information content (AvgIpc) is 2.95. The first-order valence-electron chi connectivity index (χ1n) is 6.31. The molecular weight excluding hydrogens is 294 g/mol. The largest absolute Gasteiger partial charge is 0.477 e. The predicted molar refractivity (Wildman–Crippen MR) is 78.5 cm³/mol. The van der Waals surface area contributed by atoms with Gasteiger partial charge in [0, 0.05) is 10.9 Å². The van der Waals surface area contributed by atoms with Gasteiger partial charge in [0.05, 0.1) is 11.4 Å². The fourth-order valence-electron chi connectivity index (χ4n) is 2.03. The standard InChI is InChI=1S/C14H13NO3S2/c16-13(11-5-6-12(20-11)14(17)18)15(9-3-4-9)8-10-2-1-7-19-10/h1-2,5-7,9H,3-4,8H2,(H,17,18). The van der Waals surface area contributed by atoms with E-state index in [-0.39, 0.29) is 10.8 Å². The fraction of sp³-hybridized carbons (Fsp3) is 0.286. The van der Waals surface area contributed by atoms with Crippen molar-refractivity contribution >= 4 is 34.6 Å². The van der Waals surface area contributed by atoms with Crippen molar-refractivity contribution in [1.82, 2.24) is 4.90 Å². The zero-order valence-electron chi connectivity index (χ0n) is 10.6. The van der Waals surface area contributed by atoms with Crippen LogP contribution >= 0.6 is 22.7 Å². The van der Waals surface area contributed by atoms with Crippen LogP contribution in [-0.4, -0.2) is 27.9 Å². The first-order chi connectivity index (χ1) is 9.65. The summed E-state index contributed by atoms with van der Waals surface area (Å²) in [5.41, 5.74) is 0. The van der Waals surface area contributed by atoms with Gasteiger partial charge in [-0.1, -0.05) is 6.07 Å². The number of aromatic carboxylic acids is 1. The van der Waals surface area contributed by atoms with Crippen LogP contribution in [0, 0.1) is 0 Å². The molecule has 20 heavy (non-hydrogen) atoms. The van der Waals surface area contributed by atoms with Crippen LogP contribution in [0.4, 0.5) is 0 Å². The summed E-state index contributed by atoms with van der Waals surface area (Å²) in [6.07, 6.45) is 2.07. The maximum atomic E-state index is 12.5. The lowest BCUT2D eigenvalue weighted by Crippen LogP contribution is -2.31. The van der Waals surface area contributed by atoms with Crippen LogP contribution in [0.15, 0.2) is 29.6 Å². The number of carboxylic acid groups (broad SMARTS) is 1. The zero-order valence-corrected chi connectivity index (χ0v) is 12.2. The number of hydrogen-bond donors (Lipinski definition) is 1. The summed E-state index contributed by atoms with van der Waals surface area (Å²) in [6, 6.07) is 7.41. The van der Waals surface area contributed by atoms with Crippen LogP contribution in [0.3, 0.4) is 0 Å². The number of thiophene rings is 2. The molecule has 104 valence electrons. The number of rotatable bonds is 5. The summed E-state index contributed by atoms with van der Waals surface area (Å²) in [6.45, 7) is 0.613. The maximum absolute atomic E-state index is 12.5. The molecule has 2 aromatic rings. The van der Waals surface area contributed by atoms with Crippen molar-refractivity contribution in [2.24, 2.45) is 0 Å². The number of hydrogen-bond acceptors (Lipinski definition) is 4. The molecule has 1 saturated carbocycles. The number of carbonyl (C=O) groups excluding carboxylic acids is 1. The van der Waals surface area contributed by atoms with Crippen LogP contribution in [0.5, 0.6) is 0 Å². The minimum absolute atomic E-state index is 0.0570. The molecule has 1 N–H and O–H groups in total. The highest BCUT2D eigenvalue weighted by atomic mass is 32.1. The monoisotopic (exact) mass is 307 g/mol. The molecule has 1 aliphatic rings. The molecule has 1 amide bonds. The van der Waals surface area contributed by atoms with E-state index >= 15 is 0 Å². The molecule has 4 nitrogen and oxygen atoms in total. The summed E-state index contributed by atoms with van der Waals surface area (Å²) in [5, 5.41) is 10.9. The Morgan fingerprint density at radius 2 is 2.00 bits per heavy atom. The highest BCUT2D eigenvalue weighted by Gasteiger charge is 2.34. The van der Waals surface area contributed by atoms with E-state index in [0.29, 0.717) is 17.5 Å². The van der Waals surface area contributed by atoms with Gasteiger partial charge in [0.2, 0.25) is 0 Å². The van der Waals surface area contributed by atoms with Gasteiger partial charge in [-0.25, -0.2) is 4.79 Å². The third kappa shape index (κ3) is 2.76. The second kappa shape index (κ2) is 5.38. The van der Waals surface area contributed by atoms with Gasteiger partial charge >= 0.3 is 5.97 Å². The highest BCUT2D eigenvalue weighted by molar-refractivity contribution is 7.15. The second-order valence-corrected chi connectivity index (χ2v) is 6.83. The molecule has 2 heterocycles. The number of carbonyl (C=O) groups is 2. The van der Waals surface area contributed by atoms with E-state index in [4.69, 9.17) is 5.11 Å². The molecule has 0 spiro atoms. The van der Waals surface area contributed by atoms with Gasteiger partial charge in [0.25, 0.3) is 5.91 Å². The van der Waals surface area contributed by atoms with E-state index in [1.807, 2.05) is 22.4 Å². The molecule has 6 heteroatoms. The number of amides is 1. The third-order valence-corrected chi connectivity index (χ3v) is 5.10. The van der Waals surface area contributed by atoms with Crippen molar-refractivity contribution < 1.29 is 14.7 Å². The Labute approximate surface area is 124 Å². The fourth-order valence-corrected chi connectivity index (χ4v) is 3.54. The van der Waals surface area contributed by atoms with Crippen LogP contribution in [-0.2, 0) is 6.54 Å². The molecule has 0 atom stereocenters. The van der Waals surface area contributed by atoms with Gasteiger partial charge in [0.1, 0.15) is 4.88 Å². The highest BCUT2D eigenvalue weighted by Crippen LogP contribution is 2.31. The van der Waals surface area contributed by atoms with Gasteiger partial charge in [-0.3, -0.25) is 4.79 Å². The van der Waals surface area contributed by atoms with Crippen molar-refractivity contribution in [3.05, 3.63) is 44.3 Å². The predicted octanol–water partition coefficient (Wildman–Crippen LogP) is 3.31. The summed E-state index contributed by atoms with van der Waals surface area (Å²) in [5.74, 6) is -1.04. The first kappa shape index (κ1) is 13.3. The molecule has 1 aliphatic carbocycles.